The highest BCUT2D eigenvalue weighted by Gasteiger charge is 2.26. The van der Waals surface area contributed by atoms with Gasteiger partial charge in [-0.2, -0.15) is 5.26 Å². The number of amides is 1. The largest absolute Gasteiger partial charge is 0.387 e. The van der Waals surface area contributed by atoms with Crippen LogP contribution in [0.4, 0.5) is 0 Å². The molecule has 1 heterocycles. The van der Waals surface area contributed by atoms with Crippen molar-refractivity contribution in [2.45, 2.75) is 57.5 Å². The molecule has 1 N–H and O–H groups in total. The maximum atomic E-state index is 12.6. The van der Waals surface area contributed by atoms with Crippen LogP contribution in [-0.2, 0) is 4.79 Å². The standard InChI is InChI=1S/C18H30N4O/c1-14-6-4-5-7-17(14)20-13-15(12-19)18(23)22(3)16-8-10-21(2)11-9-16/h13-14,16-17,20H,4-11H2,1-3H3/b15-13-. The number of rotatable bonds is 4. The average molecular weight is 318 g/mol. The zero-order valence-electron chi connectivity index (χ0n) is 14.7. The summed E-state index contributed by atoms with van der Waals surface area (Å²) in [6, 6.07) is 2.70. The highest BCUT2D eigenvalue weighted by atomic mass is 16.2. The second kappa shape index (κ2) is 8.35. The summed E-state index contributed by atoms with van der Waals surface area (Å²) in [7, 11) is 3.93. The van der Waals surface area contributed by atoms with Crippen LogP contribution < -0.4 is 5.32 Å². The zero-order chi connectivity index (χ0) is 16.8. The van der Waals surface area contributed by atoms with Gasteiger partial charge in [0, 0.05) is 25.3 Å². The molecule has 1 aliphatic heterocycles. The van der Waals surface area contributed by atoms with Gasteiger partial charge in [-0.1, -0.05) is 19.8 Å². The predicted octanol–water partition coefficient (Wildman–Crippen LogP) is 2.11. The average Bonchev–Trinajstić information content (AvgIpc) is 2.56. The van der Waals surface area contributed by atoms with Crippen molar-refractivity contribution >= 4 is 5.91 Å². The number of hydrogen-bond donors (Lipinski definition) is 1. The van der Waals surface area contributed by atoms with Crippen LogP contribution >= 0.6 is 0 Å². The molecule has 2 aliphatic rings. The molecule has 2 fully saturated rings. The number of piperidine rings is 1. The predicted molar refractivity (Wildman–Crippen MR) is 91.5 cm³/mol. The first-order valence-electron chi connectivity index (χ1n) is 8.85. The molecule has 23 heavy (non-hydrogen) atoms. The fourth-order valence-corrected chi connectivity index (χ4v) is 3.63. The van der Waals surface area contributed by atoms with Gasteiger partial charge >= 0.3 is 0 Å². The van der Waals surface area contributed by atoms with E-state index in [2.05, 4.69) is 30.3 Å². The van der Waals surface area contributed by atoms with Gasteiger partial charge in [0.15, 0.2) is 0 Å². The summed E-state index contributed by atoms with van der Waals surface area (Å²) in [5, 5.41) is 12.7. The van der Waals surface area contributed by atoms with E-state index in [9.17, 15) is 10.1 Å². The molecule has 1 amide bonds. The second-order valence-corrected chi connectivity index (χ2v) is 7.16. The molecule has 0 aromatic rings. The number of nitrogens with zero attached hydrogens (tertiary/aromatic N) is 3. The van der Waals surface area contributed by atoms with Gasteiger partial charge in [-0.3, -0.25) is 4.79 Å². The SMILES string of the molecule is CC1CCCCC1N/C=C(/C#N)C(=O)N(C)C1CCN(C)CC1. The summed E-state index contributed by atoms with van der Waals surface area (Å²) in [5.41, 5.74) is 0.226. The molecule has 0 bridgehead atoms. The Bertz CT molecular complexity index is 474. The van der Waals surface area contributed by atoms with Crippen molar-refractivity contribution in [3.05, 3.63) is 11.8 Å². The van der Waals surface area contributed by atoms with Gasteiger partial charge in [-0.15, -0.1) is 0 Å². The van der Waals surface area contributed by atoms with Gasteiger partial charge in [0.2, 0.25) is 0 Å². The summed E-state index contributed by atoms with van der Waals surface area (Å²) < 4.78 is 0. The van der Waals surface area contributed by atoms with E-state index in [1.807, 2.05) is 7.05 Å². The molecule has 1 saturated carbocycles. The molecule has 0 aromatic heterocycles. The highest BCUT2D eigenvalue weighted by Crippen LogP contribution is 2.24. The fourth-order valence-electron chi connectivity index (χ4n) is 3.63. The summed E-state index contributed by atoms with van der Waals surface area (Å²) >= 11 is 0. The first-order valence-corrected chi connectivity index (χ1v) is 8.85. The Labute approximate surface area is 140 Å². The molecule has 0 radical (unpaired) electrons. The van der Waals surface area contributed by atoms with Gasteiger partial charge in [0.25, 0.3) is 5.91 Å². The third kappa shape index (κ3) is 4.71. The van der Waals surface area contributed by atoms with Crippen molar-refractivity contribution in [2.24, 2.45) is 5.92 Å². The number of carbonyl (C=O) groups is 1. The summed E-state index contributed by atoms with van der Waals surface area (Å²) in [4.78, 5) is 16.6. The summed E-state index contributed by atoms with van der Waals surface area (Å²) in [6.45, 7) is 4.25. The van der Waals surface area contributed by atoms with E-state index in [-0.39, 0.29) is 17.5 Å². The van der Waals surface area contributed by atoms with E-state index in [0.29, 0.717) is 12.0 Å². The lowest BCUT2D eigenvalue weighted by atomic mass is 9.86. The third-order valence-corrected chi connectivity index (χ3v) is 5.46. The molecule has 2 rings (SSSR count). The first-order chi connectivity index (χ1) is 11.0. The molecule has 2 unspecified atom stereocenters. The molecular formula is C18H30N4O. The Morgan fingerprint density at radius 3 is 2.52 bits per heavy atom. The zero-order valence-corrected chi connectivity index (χ0v) is 14.7. The third-order valence-electron chi connectivity index (χ3n) is 5.46. The van der Waals surface area contributed by atoms with Crippen LogP contribution in [0.3, 0.4) is 0 Å². The number of hydrogen-bond acceptors (Lipinski definition) is 4. The van der Waals surface area contributed by atoms with Gasteiger partial charge in [0.1, 0.15) is 11.6 Å². The Balaban J connectivity index is 1.94. The second-order valence-electron chi connectivity index (χ2n) is 7.16. The molecule has 128 valence electrons. The van der Waals surface area contributed by atoms with Crippen LogP contribution in [0.25, 0.3) is 0 Å². The Hall–Kier alpha value is -1.54. The number of nitriles is 1. The molecule has 5 heteroatoms. The molecule has 1 saturated heterocycles. The highest BCUT2D eigenvalue weighted by molar-refractivity contribution is 5.97. The maximum Gasteiger partial charge on any atom is 0.265 e. The summed E-state index contributed by atoms with van der Waals surface area (Å²) in [5.74, 6) is 0.444. The fraction of sp³-hybridized carbons (Fsp3) is 0.778. The maximum absolute atomic E-state index is 12.6. The number of likely N-dealkylation sites (tertiary alicyclic amines) is 1. The Kier molecular flexibility index (Phi) is 6.47. The number of carbonyl (C=O) groups excluding carboxylic acids is 1. The van der Waals surface area contributed by atoms with Crippen LogP contribution in [0.15, 0.2) is 11.8 Å². The van der Waals surface area contributed by atoms with Crippen LogP contribution in [0.5, 0.6) is 0 Å². The van der Waals surface area contributed by atoms with Crippen molar-refractivity contribution in [1.82, 2.24) is 15.1 Å². The van der Waals surface area contributed by atoms with E-state index in [1.165, 1.54) is 19.3 Å². The Morgan fingerprint density at radius 1 is 1.26 bits per heavy atom. The minimum absolute atomic E-state index is 0.155. The Morgan fingerprint density at radius 2 is 1.91 bits per heavy atom. The van der Waals surface area contributed by atoms with E-state index in [0.717, 1.165) is 32.4 Å². The van der Waals surface area contributed by atoms with Crippen LogP contribution in [0.1, 0.15) is 45.4 Å². The van der Waals surface area contributed by atoms with Crippen molar-refractivity contribution in [2.75, 3.05) is 27.2 Å². The molecular weight excluding hydrogens is 288 g/mol. The quantitative estimate of drug-likeness (QED) is 0.637. The van der Waals surface area contributed by atoms with E-state index in [4.69, 9.17) is 0 Å². The topological polar surface area (TPSA) is 59.4 Å². The monoisotopic (exact) mass is 318 g/mol. The molecule has 5 nitrogen and oxygen atoms in total. The molecule has 1 aliphatic carbocycles. The van der Waals surface area contributed by atoms with Crippen molar-refractivity contribution in [3.63, 3.8) is 0 Å². The van der Waals surface area contributed by atoms with Gasteiger partial charge in [0.05, 0.1) is 0 Å². The lowest BCUT2D eigenvalue weighted by Crippen LogP contribution is -2.45. The number of likely N-dealkylation sites (N-methyl/N-ethyl adjacent to an activating group) is 1. The molecule has 0 aromatic carbocycles. The minimum Gasteiger partial charge on any atom is -0.387 e. The van der Waals surface area contributed by atoms with Crippen molar-refractivity contribution < 1.29 is 4.79 Å². The van der Waals surface area contributed by atoms with Gasteiger partial charge < -0.3 is 15.1 Å². The van der Waals surface area contributed by atoms with E-state index in [1.54, 1.807) is 11.1 Å². The molecule has 2 atom stereocenters. The first kappa shape index (κ1) is 17.8. The van der Waals surface area contributed by atoms with Gasteiger partial charge in [-0.05, 0) is 51.7 Å². The lowest BCUT2D eigenvalue weighted by Gasteiger charge is -2.35. The minimum atomic E-state index is -0.155. The smallest absolute Gasteiger partial charge is 0.265 e. The molecule has 0 spiro atoms. The van der Waals surface area contributed by atoms with Crippen LogP contribution in [0.2, 0.25) is 0 Å². The van der Waals surface area contributed by atoms with Crippen molar-refractivity contribution in [1.29, 1.82) is 5.26 Å². The van der Waals surface area contributed by atoms with Crippen LogP contribution in [0, 0.1) is 17.2 Å². The summed E-state index contributed by atoms with van der Waals surface area (Å²) in [6.07, 6.45) is 8.45. The van der Waals surface area contributed by atoms with E-state index >= 15 is 0 Å². The van der Waals surface area contributed by atoms with E-state index < -0.39 is 0 Å². The lowest BCUT2D eigenvalue weighted by molar-refractivity contribution is -0.128. The van der Waals surface area contributed by atoms with Crippen LogP contribution in [-0.4, -0.2) is 55.0 Å². The number of nitrogens with one attached hydrogen (secondary N) is 1. The van der Waals surface area contributed by atoms with Gasteiger partial charge in [-0.25, -0.2) is 0 Å². The van der Waals surface area contributed by atoms with Crippen molar-refractivity contribution in [3.8, 4) is 6.07 Å². The normalized spacial score (nSPS) is 27.3.